The zero-order valence-corrected chi connectivity index (χ0v) is 12.2. The maximum absolute atomic E-state index is 2.43. The van der Waals surface area contributed by atoms with Crippen LogP contribution in [-0.4, -0.2) is 16.9 Å². The molecule has 1 rings (SSSR count). The van der Waals surface area contributed by atoms with Crippen molar-refractivity contribution in [3.05, 3.63) is 24.3 Å². The van der Waals surface area contributed by atoms with Gasteiger partial charge in [-0.1, -0.05) is 0 Å². The Morgan fingerprint density at radius 1 is 0.923 bits per heavy atom. The first-order valence-corrected chi connectivity index (χ1v) is 13.2. The number of hydrogen-bond donors (Lipinski definition) is 0. The van der Waals surface area contributed by atoms with Crippen LogP contribution in [0.15, 0.2) is 24.3 Å². The van der Waals surface area contributed by atoms with Crippen molar-refractivity contribution in [3.63, 3.8) is 0 Å². The molecule has 2 heteroatoms. The van der Waals surface area contributed by atoms with Gasteiger partial charge in [-0.25, -0.2) is 0 Å². The Hall–Kier alpha value is -0.346. The first-order valence-electron chi connectivity index (χ1n) is 5.61. The van der Waals surface area contributed by atoms with Crippen molar-refractivity contribution in [2.75, 3.05) is 0 Å². The van der Waals surface area contributed by atoms with Gasteiger partial charge in [0.05, 0.1) is 0 Å². The summed E-state index contributed by atoms with van der Waals surface area (Å²) in [6.45, 7) is 12.1. The zero-order chi connectivity index (χ0) is 10.1. The maximum atomic E-state index is 2.43. The second-order valence-electron chi connectivity index (χ2n) is 5.75. The molecule has 0 fully saturated rings. The average molecular weight is 210 g/mol. The fourth-order valence-electron chi connectivity index (χ4n) is 1.57. The van der Waals surface area contributed by atoms with E-state index in [4.69, 9.17) is 0 Å². The van der Waals surface area contributed by atoms with Crippen molar-refractivity contribution in [3.8, 4) is 0 Å². The number of rotatable bonds is 2. The van der Waals surface area contributed by atoms with Gasteiger partial charge in [-0.2, -0.15) is 0 Å². The molecule has 0 aliphatic rings. The Kier molecular flexibility index (Phi) is 3.14. The molecule has 0 heterocycles. The van der Waals surface area contributed by atoms with Gasteiger partial charge in [0.25, 0.3) is 0 Å². The monoisotopic (exact) mass is 210 g/mol. The van der Waals surface area contributed by atoms with E-state index in [9.17, 15) is 0 Å². The molecule has 0 aliphatic heterocycles. The zero-order valence-electron chi connectivity index (χ0n) is 9.59. The van der Waals surface area contributed by atoms with Crippen molar-refractivity contribution >= 4 is 27.2 Å². The molecule has 0 nitrogen and oxygen atoms in total. The van der Waals surface area contributed by atoms with Crippen LogP contribution in [0.1, 0.15) is 0 Å². The van der Waals surface area contributed by atoms with Crippen LogP contribution in [0.25, 0.3) is 0 Å². The Labute approximate surface area is 84.6 Å². The van der Waals surface area contributed by atoms with Gasteiger partial charge in [-0.05, 0) is 0 Å². The summed E-state index contributed by atoms with van der Waals surface area (Å²) < 4.78 is 0. The SMILES string of the molecule is C[SiH2-](C)c1ccc([SiH-](C)(C)C)cc1. The van der Waals surface area contributed by atoms with E-state index in [0.29, 0.717) is 0 Å². The summed E-state index contributed by atoms with van der Waals surface area (Å²) in [5.41, 5.74) is 0. The molecular formula is C11H22Si2-2. The molecule has 0 spiro atoms. The van der Waals surface area contributed by atoms with E-state index in [1.807, 2.05) is 0 Å². The molecule has 0 aromatic heterocycles. The van der Waals surface area contributed by atoms with Crippen LogP contribution >= 0.6 is 0 Å². The second-order valence-corrected chi connectivity index (χ2v) is 15.3. The first-order chi connectivity index (χ1) is 5.91. The minimum atomic E-state index is -1.34. The molecule has 0 amide bonds. The molecule has 0 atom stereocenters. The van der Waals surface area contributed by atoms with Gasteiger partial charge in [0.1, 0.15) is 0 Å². The molecule has 1 aromatic carbocycles. The summed E-state index contributed by atoms with van der Waals surface area (Å²) in [6, 6.07) is 9.45. The second kappa shape index (κ2) is 3.80. The van der Waals surface area contributed by atoms with Crippen molar-refractivity contribution in [2.24, 2.45) is 0 Å². The summed E-state index contributed by atoms with van der Waals surface area (Å²) in [5, 5.41) is 3.24. The van der Waals surface area contributed by atoms with E-state index in [1.54, 1.807) is 10.4 Å². The molecule has 13 heavy (non-hydrogen) atoms. The molecule has 1 aromatic rings. The summed E-state index contributed by atoms with van der Waals surface area (Å²) in [6.07, 6.45) is 0. The standard InChI is InChI=1S/C11H22Si2/c1-12(2)10-6-8-11(9-7-10)13(3,4)5/h6-9,13H,12H2,1-5H3/q-2. The van der Waals surface area contributed by atoms with Crippen LogP contribution in [0.2, 0.25) is 32.7 Å². The van der Waals surface area contributed by atoms with Gasteiger partial charge in [0.2, 0.25) is 0 Å². The van der Waals surface area contributed by atoms with Gasteiger partial charge < -0.3 is 0 Å². The summed E-state index contributed by atoms with van der Waals surface area (Å²) >= 11 is 0. The number of benzene rings is 1. The van der Waals surface area contributed by atoms with Crippen LogP contribution in [0.5, 0.6) is 0 Å². The van der Waals surface area contributed by atoms with Gasteiger partial charge in [0, 0.05) is 0 Å². The third-order valence-corrected chi connectivity index (χ3v) is 7.29. The average Bonchev–Trinajstić information content (AvgIpc) is 2.03. The van der Waals surface area contributed by atoms with Crippen molar-refractivity contribution in [2.45, 2.75) is 32.7 Å². The fourth-order valence-corrected chi connectivity index (χ4v) is 4.09. The van der Waals surface area contributed by atoms with Gasteiger partial charge in [0.15, 0.2) is 0 Å². The first kappa shape index (κ1) is 10.7. The van der Waals surface area contributed by atoms with Crippen molar-refractivity contribution < 1.29 is 0 Å². The van der Waals surface area contributed by atoms with E-state index in [2.05, 4.69) is 57.0 Å². The molecule has 0 unspecified atom stereocenters. The molecule has 0 aliphatic carbocycles. The molecule has 0 saturated heterocycles. The van der Waals surface area contributed by atoms with E-state index in [-0.39, 0.29) is 0 Å². The van der Waals surface area contributed by atoms with Gasteiger partial charge in [-0.3, -0.25) is 0 Å². The normalized spacial score (nSPS) is 14.1. The minimum absolute atomic E-state index is 0.915. The van der Waals surface area contributed by atoms with Crippen LogP contribution in [0.4, 0.5) is 0 Å². The van der Waals surface area contributed by atoms with Crippen LogP contribution < -0.4 is 10.4 Å². The van der Waals surface area contributed by atoms with E-state index >= 15 is 0 Å². The molecular weight excluding hydrogens is 188 g/mol. The Bertz CT molecular complexity index is 267. The molecule has 0 bridgehead atoms. The summed E-state index contributed by atoms with van der Waals surface area (Å²) in [7, 11) is -2.26. The predicted molar refractivity (Wildman–Crippen MR) is 70.7 cm³/mol. The van der Waals surface area contributed by atoms with Crippen LogP contribution in [0.3, 0.4) is 0 Å². The van der Waals surface area contributed by atoms with Gasteiger partial charge >= 0.3 is 84.2 Å². The molecule has 0 saturated carbocycles. The Morgan fingerprint density at radius 3 is 1.69 bits per heavy atom. The Balaban J connectivity index is 2.94. The summed E-state index contributed by atoms with van der Waals surface area (Å²) in [5.74, 6) is 0. The molecule has 76 valence electrons. The molecule has 0 radical (unpaired) electrons. The quantitative estimate of drug-likeness (QED) is 0.647. The third-order valence-electron chi connectivity index (χ3n) is 2.80. The van der Waals surface area contributed by atoms with Gasteiger partial charge in [-0.15, -0.1) is 0 Å². The van der Waals surface area contributed by atoms with Crippen LogP contribution in [0, 0.1) is 0 Å². The number of hydrogen-bond acceptors (Lipinski definition) is 0. The Morgan fingerprint density at radius 2 is 1.38 bits per heavy atom. The van der Waals surface area contributed by atoms with E-state index < -0.39 is 16.9 Å². The van der Waals surface area contributed by atoms with Crippen molar-refractivity contribution in [1.82, 2.24) is 0 Å². The van der Waals surface area contributed by atoms with Crippen molar-refractivity contribution in [1.29, 1.82) is 0 Å². The van der Waals surface area contributed by atoms with E-state index in [1.165, 1.54) is 0 Å². The topological polar surface area (TPSA) is 0 Å². The molecule has 0 N–H and O–H groups in total. The van der Waals surface area contributed by atoms with Crippen LogP contribution in [-0.2, 0) is 0 Å². The predicted octanol–water partition coefficient (Wildman–Crippen LogP) is 1.39. The van der Waals surface area contributed by atoms with E-state index in [0.717, 1.165) is 0 Å². The third kappa shape index (κ3) is 2.81. The summed E-state index contributed by atoms with van der Waals surface area (Å²) in [4.78, 5) is 0. The fraction of sp³-hybridized carbons (Fsp3) is 0.455.